The van der Waals surface area contributed by atoms with E-state index in [1.54, 1.807) is 0 Å². The molecule has 0 saturated carbocycles. The number of nitrogens with zero attached hydrogens (tertiary/aromatic N) is 1. The topological polar surface area (TPSA) is 15.3 Å². The van der Waals surface area contributed by atoms with Gasteiger partial charge >= 0.3 is 0 Å². The molecule has 1 aromatic rings. The third-order valence-electron chi connectivity index (χ3n) is 4.42. The van der Waals surface area contributed by atoms with Gasteiger partial charge in [0.25, 0.3) is 0 Å². The molecule has 0 radical (unpaired) electrons. The van der Waals surface area contributed by atoms with Gasteiger partial charge in [-0.3, -0.25) is 0 Å². The zero-order valence-corrected chi connectivity index (χ0v) is 13.4. The smallest absolute Gasteiger partial charge is 0.0369 e. The second-order valence-corrected chi connectivity index (χ2v) is 6.18. The Morgan fingerprint density at radius 3 is 2.80 bits per heavy atom. The molecule has 0 amide bonds. The zero-order chi connectivity index (χ0) is 14.4. The molecule has 0 aromatic heterocycles. The lowest BCUT2D eigenvalue weighted by atomic mass is 10.0. The Morgan fingerprint density at radius 2 is 2.10 bits per heavy atom. The summed E-state index contributed by atoms with van der Waals surface area (Å²) in [5.74, 6) is 0.909. The molecule has 1 saturated heterocycles. The van der Waals surface area contributed by atoms with Crippen LogP contribution in [0.5, 0.6) is 0 Å². The highest BCUT2D eigenvalue weighted by molar-refractivity contribution is 5.51. The van der Waals surface area contributed by atoms with Gasteiger partial charge in [-0.05, 0) is 61.9 Å². The molecule has 1 unspecified atom stereocenters. The van der Waals surface area contributed by atoms with Gasteiger partial charge in [-0.25, -0.2) is 0 Å². The molecule has 1 heterocycles. The summed E-state index contributed by atoms with van der Waals surface area (Å²) in [6.45, 7) is 11.3. The number of nitrogens with one attached hydrogen (secondary N) is 1. The molecule has 2 rings (SSSR count). The summed E-state index contributed by atoms with van der Waals surface area (Å²) in [6, 6.07) is 6.99. The monoisotopic (exact) mass is 274 g/mol. The third-order valence-corrected chi connectivity index (χ3v) is 4.42. The lowest BCUT2D eigenvalue weighted by molar-refractivity contribution is 0.530. The fourth-order valence-electron chi connectivity index (χ4n) is 3.19. The zero-order valence-electron chi connectivity index (χ0n) is 13.4. The lowest BCUT2D eigenvalue weighted by Gasteiger charge is -2.20. The van der Waals surface area contributed by atoms with Crippen molar-refractivity contribution in [3.63, 3.8) is 0 Å². The van der Waals surface area contributed by atoms with E-state index < -0.39 is 0 Å². The van der Waals surface area contributed by atoms with Gasteiger partial charge in [-0.1, -0.05) is 26.3 Å². The summed E-state index contributed by atoms with van der Waals surface area (Å²) < 4.78 is 0. The van der Waals surface area contributed by atoms with Crippen LogP contribution in [-0.2, 0) is 6.54 Å². The van der Waals surface area contributed by atoms with Crippen molar-refractivity contribution < 1.29 is 0 Å². The molecule has 1 atom stereocenters. The highest BCUT2D eigenvalue weighted by atomic mass is 15.1. The predicted molar refractivity (Wildman–Crippen MR) is 88.4 cm³/mol. The van der Waals surface area contributed by atoms with Crippen LogP contribution < -0.4 is 10.2 Å². The maximum atomic E-state index is 3.49. The number of hydrogen-bond acceptors (Lipinski definition) is 2. The Labute approximate surface area is 124 Å². The minimum absolute atomic E-state index is 0.909. The molecule has 0 aliphatic carbocycles. The fourth-order valence-corrected chi connectivity index (χ4v) is 3.19. The van der Waals surface area contributed by atoms with Crippen molar-refractivity contribution in [2.24, 2.45) is 5.92 Å². The Kier molecular flexibility index (Phi) is 5.90. The molecule has 1 aromatic carbocycles. The summed E-state index contributed by atoms with van der Waals surface area (Å²) in [5, 5.41) is 3.49. The van der Waals surface area contributed by atoms with Gasteiger partial charge in [0.05, 0.1) is 0 Å². The summed E-state index contributed by atoms with van der Waals surface area (Å²) in [7, 11) is 0. The molecule has 1 aliphatic rings. The number of rotatable bonds is 7. The molecule has 1 aliphatic heterocycles. The minimum Gasteiger partial charge on any atom is -0.371 e. The van der Waals surface area contributed by atoms with Crippen LogP contribution in [0.25, 0.3) is 0 Å². The van der Waals surface area contributed by atoms with Gasteiger partial charge in [0, 0.05) is 25.3 Å². The fraction of sp³-hybridized carbons (Fsp3) is 0.667. The van der Waals surface area contributed by atoms with Crippen LogP contribution in [-0.4, -0.2) is 19.6 Å². The number of anilines is 1. The average Bonchev–Trinajstić information content (AvgIpc) is 2.90. The molecule has 1 fully saturated rings. The second-order valence-electron chi connectivity index (χ2n) is 6.18. The van der Waals surface area contributed by atoms with Crippen LogP contribution in [0.2, 0.25) is 0 Å². The predicted octanol–water partition coefficient (Wildman–Crippen LogP) is 4.12. The molecule has 0 spiro atoms. The normalized spacial score (nSPS) is 18.8. The number of benzene rings is 1. The van der Waals surface area contributed by atoms with Gasteiger partial charge in [-0.15, -0.1) is 0 Å². The van der Waals surface area contributed by atoms with E-state index in [1.807, 2.05) is 0 Å². The Bertz CT molecular complexity index is 414. The van der Waals surface area contributed by atoms with Crippen LogP contribution in [0.15, 0.2) is 18.2 Å². The highest BCUT2D eigenvalue weighted by Gasteiger charge is 2.21. The molecule has 0 bridgehead atoms. The molecule has 2 nitrogen and oxygen atoms in total. The summed E-state index contributed by atoms with van der Waals surface area (Å²) in [4.78, 5) is 2.57. The van der Waals surface area contributed by atoms with E-state index in [0.717, 1.165) is 19.0 Å². The van der Waals surface area contributed by atoms with Crippen molar-refractivity contribution in [3.8, 4) is 0 Å². The average molecular weight is 274 g/mol. The maximum Gasteiger partial charge on any atom is 0.0369 e. The molecule has 112 valence electrons. The SMILES string of the molecule is CCCNCc1ccc(N2CCC(CCC)C2)cc1C. The van der Waals surface area contributed by atoms with Crippen LogP contribution in [0.1, 0.15) is 50.7 Å². The standard InChI is InChI=1S/C18H30N2/c1-4-6-16-9-11-20(14-16)18-8-7-17(15(3)12-18)13-19-10-5-2/h7-8,12,16,19H,4-6,9-11,13-14H2,1-3H3. The van der Waals surface area contributed by atoms with Gasteiger partial charge in [0.2, 0.25) is 0 Å². The van der Waals surface area contributed by atoms with Crippen molar-refractivity contribution in [2.75, 3.05) is 24.5 Å². The Morgan fingerprint density at radius 1 is 1.25 bits per heavy atom. The number of aryl methyl sites for hydroxylation is 1. The molecular formula is C18H30N2. The van der Waals surface area contributed by atoms with Crippen molar-refractivity contribution in [2.45, 2.75) is 53.0 Å². The van der Waals surface area contributed by atoms with Crippen molar-refractivity contribution in [1.82, 2.24) is 5.32 Å². The molecule has 1 N–H and O–H groups in total. The summed E-state index contributed by atoms with van der Waals surface area (Å²) >= 11 is 0. The van der Waals surface area contributed by atoms with E-state index in [-0.39, 0.29) is 0 Å². The van der Waals surface area contributed by atoms with Crippen LogP contribution >= 0.6 is 0 Å². The molecule has 2 heteroatoms. The van der Waals surface area contributed by atoms with E-state index >= 15 is 0 Å². The van der Waals surface area contributed by atoms with Gasteiger partial charge in [0.15, 0.2) is 0 Å². The van der Waals surface area contributed by atoms with E-state index in [4.69, 9.17) is 0 Å². The largest absolute Gasteiger partial charge is 0.371 e. The van der Waals surface area contributed by atoms with Crippen molar-refractivity contribution >= 4 is 5.69 Å². The van der Waals surface area contributed by atoms with E-state index in [0.29, 0.717) is 0 Å². The summed E-state index contributed by atoms with van der Waals surface area (Å²) in [6.07, 6.45) is 5.27. The molecular weight excluding hydrogens is 244 g/mol. The first-order chi connectivity index (χ1) is 9.74. The Balaban J connectivity index is 1.95. The Hall–Kier alpha value is -1.02. The van der Waals surface area contributed by atoms with Gasteiger partial charge in [-0.2, -0.15) is 0 Å². The number of hydrogen-bond donors (Lipinski definition) is 1. The molecule has 20 heavy (non-hydrogen) atoms. The quantitative estimate of drug-likeness (QED) is 0.752. The first kappa shape index (κ1) is 15.4. The van der Waals surface area contributed by atoms with E-state index in [1.165, 1.54) is 55.6 Å². The van der Waals surface area contributed by atoms with Gasteiger partial charge in [0.1, 0.15) is 0 Å². The third kappa shape index (κ3) is 3.99. The summed E-state index contributed by atoms with van der Waals surface area (Å²) in [5.41, 5.74) is 4.27. The first-order valence-electron chi connectivity index (χ1n) is 8.29. The lowest BCUT2D eigenvalue weighted by Crippen LogP contribution is -2.20. The van der Waals surface area contributed by atoms with E-state index in [2.05, 4.69) is 49.2 Å². The van der Waals surface area contributed by atoms with Crippen molar-refractivity contribution in [1.29, 1.82) is 0 Å². The minimum atomic E-state index is 0.909. The first-order valence-corrected chi connectivity index (χ1v) is 8.29. The second kappa shape index (κ2) is 7.68. The van der Waals surface area contributed by atoms with Crippen LogP contribution in [0.4, 0.5) is 5.69 Å². The van der Waals surface area contributed by atoms with Crippen molar-refractivity contribution in [3.05, 3.63) is 29.3 Å². The maximum absolute atomic E-state index is 3.49. The van der Waals surface area contributed by atoms with E-state index in [9.17, 15) is 0 Å². The van der Waals surface area contributed by atoms with Gasteiger partial charge < -0.3 is 10.2 Å². The van der Waals surface area contributed by atoms with Crippen LogP contribution in [0, 0.1) is 12.8 Å². The highest BCUT2D eigenvalue weighted by Crippen LogP contribution is 2.27. The van der Waals surface area contributed by atoms with Crippen LogP contribution in [0.3, 0.4) is 0 Å².